The fraction of sp³-hybridized carbons (Fsp3) is 0.133. The number of nitrogen functional groups attached to an aromatic ring is 1. The van der Waals surface area contributed by atoms with Gasteiger partial charge in [0.25, 0.3) is 0 Å². The van der Waals surface area contributed by atoms with E-state index in [-0.39, 0.29) is 0 Å². The molecular formula is C15H14BrN3S. The summed E-state index contributed by atoms with van der Waals surface area (Å²) in [6, 6.07) is 8.07. The molecule has 0 fully saturated rings. The van der Waals surface area contributed by atoms with Crippen molar-refractivity contribution in [3.05, 3.63) is 51.3 Å². The Kier molecular flexibility index (Phi) is 3.89. The molecular weight excluding hydrogens is 334 g/mol. The zero-order chi connectivity index (χ0) is 13.9. The first kappa shape index (κ1) is 13.4. The minimum absolute atomic E-state index is 0.747. The van der Waals surface area contributed by atoms with E-state index in [1.54, 1.807) is 17.5 Å². The Morgan fingerprint density at radius 2 is 2.20 bits per heavy atom. The van der Waals surface area contributed by atoms with Gasteiger partial charge in [-0.1, -0.05) is 0 Å². The third kappa shape index (κ3) is 2.78. The number of nitrogens with zero attached hydrogens (tertiary/aromatic N) is 1. The lowest BCUT2D eigenvalue weighted by Gasteiger charge is -2.10. The van der Waals surface area contributed by atoms with Gasteiger partial charge in [-0.15, -0.1) is 0 Å². The molecule has 0 spiro atoms. The lowest BCUT2D eigenvalue weighted by atomic mass is 10.1. The molecule has 0 unspecified atom stereocenters. The highest BCUT2D eigenvalue weighted by atomic mass is 79.9. The van der Waals surface area contributed by atoms with Crippen molar-refractivity contribution in [1.82, 2.24) is 4.98 Å². The van der Waals surface area contributed by atoms with E-state index in [2.05, 4.69) is 43.1 Å². The molecule has 3 aromatic rings. The van der Waals surface area contributed by atoms with Crippen LogP contribution in [0.3, 0.4) is 0 Å². The number of hydrogen-bond acceptors (Lipinski definition) is 4. The molecule has 0 aliphatic heterocycles. The summed E-state index contributed by atoms with van der Waals surface area (Å²) < 4.78 is 0.937. The van der Waals surface area contributed by atoms with Gasteiger partial charge in [0.15, 0.2) is 0 Å². The summed E-state index contributed by atoms with van der Waals surface area (Å²) in [6.45, 7) is 0.882. The molecule has 3 rings (SSSR count). The number of halogens is 1. The maximum absolute atomic E-state index is 6.01. The first-order valence-electron chi connectivity index (χ1n) is 6.33. The molecule has 3 nitrogen and oxygen atoms in total. The van der Waals surface area contributed by atoms with Gasteiger partial charge in [-0.05, 0) is 62.9 Å². The third-order valence-corrected chi connectivity index (χ3v) is 4.32. The van der Waals surface area contributed by atoms with Gasteiger partial charge in [-0.2, -0.15) is 11.3 Å². The largest absolute Gasteiger partial charge is 0.398 e. The first-order chi connectivity index (χ1) is 9.74. The highest BCUT2D eigenvalue weighted by molar-refractivity contribution is 9.10. The summed E-state index contributed by atoms with van der Waals surface area (Å²) >= 11 is 5.16. The lowest BCUT2D eigenvalue weighted by Crippen LogP contribution is -2.05. The lowest BCUT2D eigenvalue weighted by molar-refractivity contribution is 1.03. The van der Waals surface area contributed by atoms with Crippen molar-refractivity contribution in [2.75, 3.05) is 17.6 Å². The molecule has 0 amide bonds. The van der Waals surface area contributed by atoms with Crippen molar-refractivity contribution in [1.29, 1.82) is 0 Å². The van der Waals surface area contributed by atoms with Crippen LogP contribution in [-0.4, -0.2) is 11.5 Å². The zero-order valence-corrected chi connectivity index (χ0v) is 13.2. The highest BCUT2D eigenvalue weighted by Crippen LogP contribution is 2.28. The molecule has 0 aliphatic carbocycles. The monoisotopic (exact) mass is 347 g/mol. The van der Waals surface area contributed by atoms with Gasteiger partial charge >= 0.3 is 0 Å². The molecule has 0 atom stereocenters. The number of hydrogen-bond donors (Lipinski definition) is 2. The molecule has 0 radical (unpaired) electrons. The highest BCUT2D eigenvalue weighted by Gasteiger charge is 2.06. The second kappa shape index (κ2) is 5.81. The van der Waals surface area contributed by atoms with Gasteiger partial charge in [0.1, 0.15) is 0 Å². The van der Waals surface area contributed by atoms with E-state index >= 15 is 0 Å². The summed E-state index contributed by atoms with van der Waals surface area (Å²) in [5, 5.41) is 8.70. The summed E-state index contributed by atoms with van der Waals surface area (Å²) in [6.07, 6.45) is 2.80. The van der Waals surface area contributed by atoms with Crippen LogP contribution in [0.4, 0.5) is 11.4 Å². The number of fused-ring (bicyclic) bond motifs is 1. The van der Waals surface area contributed by atoms with Gasteiger partial charge in [-0.3, -0.25) is 4.98 Å². The number of pyridine rings is 1. The van der Waals surface area contributed by atoms with Crippen molar-refractivity contribution < 1.29 is 0 Å². The van der Waals surface area contributed by atoms with Crippen molar-refractivity contribution in [2.45, 2.75) is 6.42 Å². The topological polar surface area (TPSA) is 50.9 Å². The molecule has 1 aromatic carbocycles. The zero-order valence-electron chi connectivity index (χ0n) is 10.8. The van der Waals surface area contributed by atoms with E-state index < -0.39 is 0 Å². The molecule has 2 heterocycles. The van der Waals surface area contributed by atoms with E-state index in [1.807, 2.05) is 18.2 Å². The van der Waals surface area contributed by atoms with Crippen LogP contribution in [-0.2, 0) is 6.42 Å². The smallest absolute Gasteiger partial charge is 0.0954 e. The molecule has 2 aromatic heterocycles. The predicted molar refractivity (Wildman–Crippen MR) is 90.4 cm³/mol. The maximum Gasteiger partial charge on any atom is 0.0954 e. The van der Waals surface area contributed by atoms with Crippen LogP contribution < -0.4 is 11.1 Å². The van der Waals surface area contributed by atoms with E-state index in [0.717, 1.165) is 39.7 Å². The molecule has 0 saturated heterocycles. The second-order valence-corrected chi connectivity index (χ2v) is 6.26. The van der Waals surface area contributed by atoms with E-state index in [1.165, 1.54) is 5.56 Å². The molecule has 102 valence electrons. The summed E-state index contributed by atoms with van der Waals surface area (Å²) in [4.78, 5) is 4.47. The number of nitrogens with one attached hydrogen (secondary N) is 1. The average molecular weight is 348 g/mol. The van der Waals surface area contributed by atoms with Crippen molar-refractivity contribution >= 4 is 49.5 Å². The van der Waals surface area contributed by atoms with Crippen LogP contribution in [0.2, 0.25) is 0 Å². The Morgan fingerprint density at radius 1 is 1.30 bits per heavy atom. The standard InChI is InChI=1S/C15H14BrN3S/c16-11-7-12-13(17)1-2-14(15(12)19-8-11)18-5-3-10-4-6-20-9-10/h1-2,4,6-9,18H,3,5,17H2. The van der Waals surface area contributed by atoms with Crippen molar-refractivity contribution in [3.63, 3.8) is 0 Å². The number of thiophene rings is 1. The molecule has 5 heteroatoms. The molecule has 0 saturated carbocycles. The Morgan fingerprint density at radius 3 is 3.00 bits per heavy atom. The van der Waals surface area contributed by atoms with Crippen LogP contribution in [0.15, 0.2) is 45.7 Å². The number of nitrogens with two attached hydrogens (primary N) is 1. The Hall–Kier alpha value is -1.59. The third-order valence-electron chi connectivity index (χ3n) is 3.16. The fourth-order valence-electron chi connectivity index (χ4n) is 2.13. The first-order valence-corrected chi connectivity index (χ1v) is 8.06. The summed E-state index contributed by atoms with van der Waals surface area (Å²) in [7, 11) is 0. The Balaban J connectivity index is 1.82. The van der Waals surface area contributed by atoms with Gasteiger partial charge in [-0.25, -0.2) is 0 Å². The quantitative estimate of drug-likeness (QED) is 0.692. The normalized spacial score (nSPS) is 10.8. The molecule has 0 bridgehead atoms. The van der Waals surface area contributed by atoms with E-state index in [4.69, 9.17) is 5.73 Å². The van der Waals surface area contributed by atoms with Crippen LogP contribution in [0.1, 0.15) is 5.56 Å². The van der Waals surface area contributed by atoms with Gasteiger partial charge < -0.3 is 11.1 Å². The van der Waals surface area contributed by atoms with Crippen LogP contribution >= 0.6 is 27.3 Å². The average Bonchev–Trinajstić information content (AvgIpc) is 2.95. The molecule has 20 heavy (non-hydrogen) atoms. The predicted octanol–water partition coefficient (Wildman–Crippen LogP) is 4.30. The van der Waals surface area contributed by atoms with Crippen LogP contribution in [0.5, 0.6) is 0 Å². The molecule has 3 N–H and O–H groups in total. The van der Waals surface area contributed by atoms with Crippen LogP contribution in [0.25, 0.3) is 10.9 Å². The Labute approximate surface area is 130 Å². The van der Waals surface area contributed by atoms with E-state index in [9.17, 15) is 0 Å². The minimum Gasteiger partial charge on any atom is -0.398 e. The minimum atomic E-state index is 0.747. The van der Waals surface area contributed by atoms with Crippen LogP contribution in [0, 0.1) is 0 Å². The fourth-order valence-corrected chi connectivity index (χ4v) is 3.17. The summed E-state index contributed by atoms with van der Waals surface area (Å²) in [5.74, 6) is 0. The van der Waals surface area contributed by atoms with Crippen molar-refractivity contribution in [3.8, 4) is 0 Å². The second-order valence-electron chi connectivity index (χ2n) is 4.56. The number of anilines is 2. The SMILES string of the molecule is Nc1ccc(NCCc2ccsc2)c2ncc(Br)cc12. The Bertz CT molecular complexity index is 725. The van der Waals surface area contributed by atoms with Crippen molar-refractivity contribution in [2.24, 2.45) is 0 Å². The molecule has 0 aliphatic rings. The number of aromatic nitrogens is 1. The number of benzene rings is 1. The van der Waals surface area contributed by atoms with Gasteiger partial charge in [0.05, 0.1) is 11.2 Å². The van der Waals surface area contributed by atoms with E-state index in [0.29, 0.717) is 0 Å². The van der Waals surface area contributed by atoms with Gasteiger partial charge in [0.2, 0.25) is 0 Å². The van der Waals surface area contributed by atoms with Gasteiger partial charge in [0, 0.05) is 28.3 Å². The maximum atomic E-state index is 6.01. The summed E-state index contributed by atoms with van der Waals surface area (Å²) in [5.41, 5.74) is 10.1. The number of rotatable bonds is 4.